The molecule has 186 valence electrons. The molecule has 3 aromatic rings. The van der Waals surface area contributed by atoms with E-state index in [1.165, 1.54) is 11.1 Å². The summed E-state index contributed by atoms with van der Waals surface area (Å²) < 4.78 is 0. The van der Waals surface area contributed by atoms with Crippen LogP contribution in [0, 0.1) is 6.92 Å². The first kappa shape index (κ1) is 26.6. The van der Waals surface area contributed by atoms with Crippen LogP contribution in [0.25, 0.3) is 5.57 Å². The fourth-order valence-corrected chi connectivity index (χ4v) is 4.04. The van der Waals surface area contributed by atoms with Crippen LogP contribution >= 0.6 is 0 Å². The van der Waals surface area contributed by atoms with Crippen molar-refractivity contribution in [2.24, 2.45) is 0 Å². The fraction of sp³-hybridized carbons (Fsp3) is 0.219. The summed E-state index contributed by atoms with van der Waals surface area (Å²) in [6.07, 6.45) is 8.40. The van der Waals surface area contributed by atoms with Gasteiger partial charge in [-0.25, -0.2) is 0 Å². The lowest BCUT2D eigenvalue weighted by Crippen LogP contribution is -2.20. The Kier molecular flexibility index (Phi) is 9.70. The highest BCUT2D eigenvalue weighted by atomic mass is 16.3. The Morgan fingerprint density at radius 1 is 1.03 bits per heavy atom. The average Bonchev–Trinajstić information content (AvgIpc) is 2.88. The van der Waals surface area contributed by atoms with Crippen LogP contribution < -0.4 is 10.2 Å². The number of hydrogen-bond acceptors (Lipinski definition) is 3. The number of nitrogens with one attached hydrogen (secondary N) is 1. The maximum Gasteiger partial charge on any atom is 0.250 e. The molecule has 0 aliphatic heterocycles. The molecule has 0 atom stereocenters. The van der Waals surface area contributed by atoms with Gasteiger partial charge in [-0.05, 0) is 79.6 Å². The van der Waals surface area contributed by atoms with Crippen molar-refractivity contribution in [1.82, 2.24) is 0 Å². The third-order valence-corrected chi connectivity index (χ3v) is 6.22. The Labute approximate surface area is 215 Å². The van der Waals surface area contributed by atoms with Gasteiger partial charge in [-0.2, -0.15) is 0 Å². The molecule has 0 saturated carbocycles. The van der Waals surface area contributed by atoms with Crippen molar-refractivity contribution < 1.29 is 9.90 Å². The minimum Gasteiger partial charge on any atom is -0.508 e. The second kappa shape index (κ2) is 13.1. The van der Waals surface area contributed by atoms with Crippen LogP contribution in [0.15, 0.2) is 103 Å². The van der Waals surface area contributed by atoms with E-state index in [9.17, 15) is 9.90 Å². The Morgan fingerprint density at radius 2 is 1.75 bits per heavy atom. The predicted molar refractivity (Wildman–Crippen MR) is 152 cm³/mol. The van der Waals surface area contributed by atoms with E-state index < -0.39 is 0 Å². The number of phenolic OH excluding ortho intramolecular Hbond substituents is 1. The number of benzene rings is 3. The molecule has 0 unspecified atom stereocenters. The van der Waals surface area contributed by atoms with Crippen molar-refractivity contribution >= 4 is 22.9 Å². The number of aromatic hydroxyl groups is 1. The summed E-state index contributed by atoms with van der Waals surface area (Å²) in [5.41, 5.74) is 7.02. The molecular weight excluding hydrogens is 444 g/mol. The van der Waals surface area contributed by atoms with Gasteiger partial charge < -0.3 is 15.3 Å². The molecular formula is C32H36N2O2. The molecule has 0 bridgehead atoms. The molecule has 0 spiro atoms. The van der Waals surface area contributed by atoms with Gasteiger partial charge in [0.05, 0.1) is 0 Å². The standard InChI is InChI=1S/C32H36N2O2/c1-5-27(28-17-20-30(35)21-18-28)15-9-11-25(3)32(36)33-29-19-16-24(2)31(23-29)34(4)22-10-14-26-12-7-6-8-13-26/h5-8,11-13,15-21,23,35H,1,9-10,14,22H2,2-4H3,(H,33,36)/b25-11+,27-15+. The van der Waals surface area contributed by atoms with Crippen LogP contribution in [-0.4, -0.2) is 24.6 Å². The summed E-state index contributed by atoms with van der Waals surface area (Å²) in [6.45, 7) is 8.73. The molecule has 0 fully saturated rings. The highest BCUT2D eigenvalue weighted by Gasteiger charge is 2.09. The van der Waals surface area contributed by atoms with Gasteiger partial charge in [0.25, 0.3) is 5.91 Å². The molecule has 3 aromatic carbocycles. The number of phenols is 1. The highest BCUT2D eigenvalue weighted by Crippen LogP contribution is 2.24. The van der Waals surface area contributed by atoms with Crippen LogP contribution in [0.2, 0.25) is 0 Å². The van der Waals surface area contributed by atoms with E-state index in [4.69, 9.17) is 0 Å². The molecule has 4 heteroatoms. The second-order valence-electron chi connectivity index (χ2n) is 9.00. The van der Waals surface area contributed by atoms with Crippen molar-refractivity contribution in [2.75, 3.05) is 23.8 Å². The third-order valence-electron chi connectivity index (χ3n) is 6.22. The molecule has 0 radical (unpaired) electrons. The Hall–Kier alpha value is -4.05. The lowest BCUT2D eigenvalue weighted by molar-refractivity contribution is -0.112. The van der Waals surface area contributed by atoms with E-state index in [0.717, 1.165) is 41.9 Å². The van der Waals surface area contributed by atoms with Crippen LogP contribution in [0.3, 0.4) is 0 Å². The number of amides is 1. The first-order valence-electron chi connectivity index (χ1n) is 12.3. The summed E-state index contributed by atoms with van der Waals surface area (Å²) in [4.78, 5) is 15.1. The molecule has 36 heavy (non-hydrogen) atoms. The van der Waals surface area contributed by atoms with Crippen molar-refractivity contribution in [2.45, 2.75) is 33.1 Å². The quantitative estimate of drug-likeness (QED) is 0.223. The molecule has 0 saturated heterocycles. The molecule has 0 heterocycles. The fourth-order valence-electron chi connectivity index (χ4n) is 4.04. The Morgan fingerprint density at radius 3 is 2.44 bits per heavy atom. The number of carbonyl (C=O) groups excluding carboxylic acids is 1. The smallest absolute Gasteiger partial charge is 0.250 e. The second-order valence-corrected chi connectivity index (χ2v) is 9.00. The SMILES string of the molecule is C=C/C(=C\C/C=C(\C)C(=O)Nc1ccc(C)c(N(C)CCCc2ccccc2)c1)c1ccc(O)cc1. The van der Waals surface area contributed by atoms with Gasteiger partial charge in [0, 0.05) is 30.5 Å². The highest BCUT2D eigenvalue weighted by molar-refractivity contribution is 6.03. The van der Waals surface area contributed by atoms with E-state index >= 15 is 0 Å². The molecule has 0 aromatic heterocycles. The van der Waals surface area contributed by atoms with Gasteiger partial charge in [0.15, 0.2) is 0 Å². The number of nitrogens with zero attached hydrogens (tertiary/aromatic N) is 1. The predicted octanol–water partition coefficient (Wildman–Crippen LogP) is 7.31. The Balaban J connectivity index is 1.59. The lowest BCUT2D eigenvalue weighted by atomic mass is 10.0. The van der Waals surface area contributed by atoms with E-state index in [1.54, 1.807) is 18.2 Å². The number of rotatable bonds is 11. The Bertz CT molecular complexity index is 1220. The van der Waals surface area contributed by atoms with E-state index in [0.29, 0.717) is 12.0 Å². The van der Waals surface area contributed by atoms with Crippen LogP contribution in [0.4, 0.5) is 11.4 Å². The van der Waals surface area contributed by atoms with Gasteiger partial charge in [-0.3, -0.25) is 4.79 Å². The largest absolute Gasteiger partial charge is 0.508 e. The molecule has 0 aliphatic rings. The van der Waals surface area contributed by atoms with E-state index in [2.05, 4.69) is 61.1 Å². The maximum atomic E-state index is 12.8. The topological polar surface area (TPSA) is 52.6 Å². The van der Waals surface area contributed by atoms with Crippen molar-refractivity contribution in [1.29, 1.82) is 0 Å². The normalized spacial score (nSPS) is 11.8. The average molecular weight is 481 g/mol. The zero-order valence-electron chi connectivity index (χ0n) is 21.5. The van der Waals surface area contributed by atoms with Gasteiger partial charge in [-0.1, -0.05) is 73.3 Å². The zero-order chi connectivity index (χ0) is 25.9. The molecule has 1 amide bonds. The van der Waals surface area contributed by atoms with Gasteiger partial charge in [-0.15, -0.1) is 0 Å². The minimum absolute atomic E-state index is 0.116. The molecule has 0 aliphatic carbocycles. The zero-order valence-corrected chi connectivity index (χ0v) is 21.5. The van der Waals surface area contributed by atoms with Crippen LogP contribution in [0.1, 0.15) is 36.5 Å². The van der Waals surface area contributed by atoms with Crippen molar-refractivity contribution in [3.05, 3.63) is 120 Å². The van der Waals surface area contributed by atoms with Crippen molar-refractivity contribution in [3.8, 4) is 5.75 Å². The maximum absolute atomic E-state index is 12.8. The monoisotopic (exact) mass is 480 g/mol. The summed E-state index contributed by atoms with van der Waals surface area (Å²) >= 11 is 0. The molecule has 4 nitrogen and oxygen atoms in total. The number of hydrogen-bond donors (Lipinski definition) is 2. The van der Waals surface area contributed by atoms with E-state index in [1.807, 2.05) is 49.4 Å². The summed E-state index contributed by atoms with van der Waals surface area (Å²) in [5, 5.41) is 12.5. The van der Waals surface area contributed by atoms with Crippen molar-refractivity contribution in [3.63, 3.8) is 0 Å². The number of anilines is 2. The summed E-state index contributed by atoms with van der Waals surface area (Å²) in [5.74, 6) is 0.113. The lowest BCUT2D eigenvalue weighted by Gasteiger charge is -2.22. The first-order chi connectivity index (χ1) is 17.4. The van der Waals surface area contributed by atoms with Gasteiger partial charge >= 0.3 is 0 Å². The summed E-state index contributed by atoms with van der Waals surface area (Å²) in [7, 11) is 2.10. The van der Waals surface area contributed by atoms with E-state index in [-0.39, 0.29) is 11.7 Å². The van der Waals surface area contributed by atoms with Crippen LogP contribution in [0.5, 0.6) is 5.75 Å². The third kappa shape index (κ3) is 7.74. The van der Waals surface area contributed by atoms with Gasteiger partial charge in [0.1, 0.15) is 5.75 Å². The molecule has 2 N–H and O–H groups in total. The van der Waals surface area contributed by atoms with Crippen LogP contribution in [-0.2, 0) is 11.2 Å². The number of allylic oxidation sites excluding steroid dienone is 4. The molecule has 3 rings (SSSR count). The minimum atomic E-state index is -0.116. The van der Waals surface area contributed by atoms with Gasteiger partial charge in [0.2, 0.25) is 0 Å². The first-order valence-corrected chi connectivity index (χ1v) is 12.3. The number of aryl methyl sites for hydroxylation is 2. The summed E-state index contributed by atoms with van der Waals surface area (Å²) in [6, 6.07) is 23.6. The number of carbonyl (C=O) groups is 1.